The van der Waals surface area contributed by atoms with Crippen LogP contribution in [0.3, 0.4) is 0 Å². The van der Waals surface area contributed by atoms with Crippen LogP contribution >= 0.6 is 0 Å². The van der Waals surface area contributed by atoms with E-state index in [1.165, 1.54) is 6.33 Å². The maximum Gasteiger partial charge on any atom is 0.416 e. The van der Waals surface area contributed by atoms with Crippen LogP contribution in [0.2, 0.25) is 0 Å². The summed E-state index contributed by atoms with van der Waals surface area (Å²) >= 11 is 0. The molecule has 0 bridgehead atoms. The first-order chi connectivity index (χ1) is 14.2. The molecule has 0 aliphatic heterocycles. The summed E-state index contributed by atoms with van der Waals surface area (Å²) in [5.74, 6) is -1.06. The lowest BCUT2D eigenvalue weighted by atomic mass is 10.1. The monoisotopic (exact) mass is 417 g/mol. The number of aromatic nitrogens is 3. The van der Waals surface area contributed by atoms with E-state index >= 15 is 0 Å². The van der Waals surface area contributed by atoms with E-state index < -0.39 is 23.6 Å². The number of amides is 2. The van der Waals surface area contributed by atoms with E-state index in [1.807, 2.05) is 24.3 Å². The van der Waals surface area contributed by atoms with E-state index in [0.717, 1.165) is 35.5 Å². The van der Waals surface area contributed by atoms with Gasteiger partial charge < -0.3 is 10.6 Å². The molecule has 2 aromatic carbocycles. The lowest BCUT2D eigenvalue weighted by molar-refractivity contribution is -0.137. The highest BCUT2D eigenvalue weighted by molar-refractivity contribution is 5.96. The summed E-state index contributed by atoms with van der Waals surface area (Å²) in [5, 5.41) is 9.17. The zero-order valence-electron chi connectivity index (χ0n) is 15.8. The second kappa shape index (κ2) is 8.76. The number of rotatable bonds is 6. The summed E-state index contributed by atoms with van der Waals surface area (Å²) in [7, 11) is 0. The minimum absolute atomic E-state index is 0.0348. The molecule has 0 spiro atoms. The number of carbonyl (C=O) groups is 2. The zero-order valence-corrected chi connectivity index (χ0v) is 15.8. The fourth-order valence-corrected chi connectivity index (χ4v) is 2.71. The first kappa shape index (κ1) is 21.0. The summed E-state index contributed by atoms with van der Waals surface area (Å²) in [6.07, 6.45) is -1.48. The van der Waals surface area contributed by atoms with Gasteiger partial charge >= 0.3 is 6.18 Å². The molecule has 0 radical (unpaired) electrons. The van der Waals surface area contributed by atoms with E-state index in [1.54, 1.807) is 17.9 Å². The molecule has 156 valence electrons. The Hall–Kier alpha value is -3.69. The third-order valence-corrected chi connectivity index (χ3v) is 4.34. The van der Waals surface area contributed by atoms with Gasteiger partial charge in [-0.05, 0) is 48.9 Å². The fourth-order valence-electron chi connectivity index (χ4n) is 2.71. The summed E-state index contributed by atoms with van der Waals surface area (Å²) in [6.45, 7) is 1.49. The van der Waals surface area contributed by atoms with Crippen molar-refractivity contribution in [3.8, 4) is 5.69 Å². The van der Waals surface area contributed by atoms with Crippen LogP contribution in [0.25, 0.3) is 5.69 Å². The van der Waals surface area contributed by atoms with Crippen LogP contribution in [0.4, 0.5) is 13.2 Å². The standard InChI is InChI=1S/C20H18F3N5O2/c1-13(14-4-8-17(9-5-14)28-12-24-11-26-28)27-18(29)10-25-19(30)15-2-6-16(7-3-15)20(21,22)23/h2-9,11-13H,10H2,1H3,(H,25,30)(H,27,29). The molecule has 1 heterocycles. The maximum absolute atomic E-state index is 12.6. The normalized spacial score (nSPS) is 12.3. The maximum atomic E-state index is 12.6. The van der Waals surface area contributed by atoms with Crippen molar-refractivity contribution in [3.63, 3.8) is 0 Å². The Kier molecular flexibility index (Phi) is 6.14. The van der Waals surface area contributed by atoms with Gasteiger partial charge in [-0.2, -0.15) is 18.3 Å². The van der Waals surface area contributed by atoms with Crippen molar-refractivity contribution in [3.05, 3.63) is 77.9 Å². The Morgan fingerprint density at radius 1 is 1.07 bits per heavy atom. The first-order valence-electron chi connectivity index (χ1n) is 8.94. The van der Waals surface area contributed by atoms with Gasteiger partial charge in [-0.25, -0.2) is 9.67 Å². The Labute approximate surface area is 169 Å². The van der Waals surface area contributed by atoms with E-state index in [2.05, 4.69) is 20.7 Å². The fraction of sp³-hybridized carbons (Fsp3) is 0.200. The second-order valence-corrected chi connectivity index (χ2v) is 6.48. The Balaban J connectivity index is 1.50. The zero-order chi connectivity index (χ0) is 21.7. The van der Waals surface area contributed by atoms with Crippen molar-refractivity contribution in [2.75, 3.05) is 6.54 Å². The van der Waals surface area contributed by atoms with Crippen LogP contribution in [-0.4, -0.2) is 33.1 Å². The summed E-state index contributed by atoms with van der Waals surface area (Å²) in [4.78, 5) is 28.0. The van der Waals surface area contributed by atoms with Crippen molar-refractivity contribution in [1.82, 2.24) is 25.4 Å². The van der Waals surface area contributed by atoms with Gasteiger partial charge in [0.05, 0.1) is 23.8 Å². The molecule has 0 saturated carbocycles. The van der Waals surface area contributed by atoms with E-state index in [9.17, 15) is 22.8 Å². The molecule has 0 aliphatic rings. The summed E-state index contributed by atoms with van der Waals surface area (Å²) < 4.78 is 39.3. The predicted molar refractivity (Wildman–Crippen MR) is 102 cm³/mol. The van der Waals surface area contributed by atoms with Crippen molar-refractivity contribution < 1.29 is 22.8 Å². The number of alkyl halides is 3. The molecule has 10 heteroatoms. The molecule has 2 N–H and O–H groups in total. The number of nitrogens with one attached hydrogen (secondary N) is 2. The highest BCUT2D eigenvalue weighted by atomic mass is 19.4. The second-order valence-electron chi connectivity index (χ2n) is 6.48. The van der Waals surface area contributed by atoms with Crippen LogP contribution in [0.1, 0.15) is 34.5 Å². The van der Waals surface area contributed by atoms with E-state index in [-0.39, 0.29) is 18.2 Å². The van der Waals surface area contributed by atoms with Crippen molar-refractivity contribution in [2.45, 2.75) is 19.1 Å². The average molecular weight is 417 g/mol. The molecular formula is C20H18F3N5O2. The lowest BCUT2D eigenvalue weighted by Gasteiger charge is -2.15. The van der Waals surface area contributed by atoms with E-state index in [0.29, 0.717) is 0 Å². The van der Waals surface area contributed by atoms with Gasteiger partial charge in [-0.1, -0.05) is 12.1 Å². The molecule has 0 fully saturated rings. The first-order valence-corrected chi connectivity index (χ1v) is 8.94. The third kappa shape index (κ3) is 5.22. The van der Waals surface area contributed by atoms with E-state index in [4.69, 9.17) is 0 Å². The highest BCUT2D eigenvalue weighted by Crippen LogP contribution is 2.29. The van der Waals surface area contributed by atoms with Crippen molar-refractivity contribution in [1.29, 1.82) is 0 Å². The molecule has 7 nitrogen and oxygen atoms in total. The Morgan fingerprint density at radius 2 is 1.73 bits per heavy atom. The average Bonchev–Trinajstić information content (AvgIpc) is 3.26. The highest BCUT2D eigenvalue weighted by Gasteiger charge is 2.30. The number of nitrogens with zero attached hydrogens (tertiary/aromatic N) is 3. The molecule has 1 atom stereocenters. The number of hydrogen-bond donors (Lipinski definition) is 2. The molecule has 1 aromatic heterocycles. The van der Waals surface area contributed by atoms with Gasteiger partial charge in [0, 0.05) is 5.56 Å². The SMILES string of the molecule is CC(NC(=O)CNC(=O)c1ccc(C(F)(F)F)cc1)c1ccc(-n2cncn2)cc1. The van der Waals surface area contributed by atoms with Gasteiger partial charge in [-0.15, -0.1) is 0 Å². The van der Waals surface area contributed by atoms with Gasteiger partial charge in [0.15, 0.2) is 0 Å². The molecule has 3 rings (SSSR count). The number of benzene rings is 2. The molecule has 0 saturated heterocycles. The van der Waals surface area contributed by atoms with Gasteiger partial charge in [0.2, 0.25) is 5.91 Å². The largest absolute Gasteiger partial charge is 0.416 e. The molecule has 1 unspecified atom stereocenters. The number of halogens is 3. The lowest BCUT2D eigenvalue weighted by Crippen LogP contribution is -2.38. The van der Waals surface area contributed by atoms with Crippen LogP contribution in [0.5, 0.6) is 0 Å². The van der Waals surface area contributed by atoms with Crippen LogP contribution in [0, 0.1) is 0 Å². The van der Waals surface area contributed by atoms with Gasteiger partial charge in [0.1, 0.15) is 12.7 Å². The van der Waals surface area contributed by atoms with Gasteiger partial charge in [0.25, 0.3) is 5.91 Å². The third-order valence-electron chi connectivity index (χ3n) is 4.34. The quantitative estimate of drug-likeness (QED) is 0.646. The summed E-state index contributed by atoms with van der Waals surface area (Å²) in [5.41, 5.74) is 0.855. The Bertz CT molecular complexity index is 1000. The van der Waals surface area contributed by atoms with Gasteiger partial charge in [-0.3, -0.25) is 9.59 Å². The smallest absolute Gasteiger partial charge is 0.348 e. The van der Waals surface area contributed by atoms with Crippen LogP contribution in [-0.2, 0) is 11.0 Å². The van der Waals surface area contributed by atoms with Crippen molar-refractivity contribution in [2.24, 2.45) is 0 Å². The van der Waals surface area contributed by atoms with Crippen LogP contribution in [0.15, 0.2) is 61.2 Å². The molecular weight excluding hydrogens is 399 g/mol. The number of carbonyl (C=O) groups excluding carboxylic acids is 2. The minimum atomic E-state index is -4.47. The van der Waals surface area contributed by atoms with Crippen molar-refractivity contribution >= 4 is 11.8 Å². The molecule has 2 amide bonds. The Morgan fingerprint density at radius 3 is 2.30 bits per heavy atom. The molecule has 0 aliphatic carbocycles. The summed E-state index contributed by atoms with van der Waals surface area (Å²) in [6, 6.07) is 10.8. The minimum Gasteiger partial charge on any atom is -0.348 e. The molecule has 3 aromatic rings. The van der Waals surface area contributed by atoms with Crippen LogP contribution < -0.4 is 10.6 Å². The number of hydrogen-bond acceptors (Lipinski definition) is 4. The molecule has 30 heavy (non-hydrogen) atoms. The predicted octanol–water partition coefficient (Wildman–Crippen LogP) is 2.89. The topological polar surface area (TPSA) is 88.9 Å².